The molecule has 0 spiro atoms. The first-order valence-corrected chi connectivity index (χ1v) is 12.2. The fourth-order valence-electron chi connectivity index (χ4n) is 3.60. The molecule has 2 atom stereocenters. The van der Waals surface area contributed by atoms with Crippen LogP contribution in [-0.4, -0.2) is 44.9 Å². The van der Waals surface area contributed by atoms with E-state index in [1.54, 1.807) is 12.1 Å². The first kappa shape index (κ1) is 24.6. The lowest BCUT2D eigenvalue weighted by molar-refractivity contribution is -0.115. The van der Waals surface area contributed by atoms with Crippen LogP contribution in [0.4, 0.5) is 10.1 Å². The van der Waals surface area contributed by atoms with E-state index in [0.717, 1.165) is 22.5 Å². The average molecular weight is 490 g/mol. The molecule has 0 fully saturated rings. The predicted molar refractivity (Wildman–Crippen MR) is 139 cm³/mol. The van der Waals surface area contributed by atoms with Gasteiger partial charge in [0.1, 0.15) is 5.82 Å². The van der Waals surface area contributed by atoms with Crippen LogP contribution < -0.4 is 5.32 Å². The molecule has 0 radical (unpaired) electrons. The van der Waals surface area contributed by atoms with Crippen LogP contribution in [0.5, 0.6) is 0 Å². The Morgan fingerprint density at radius 3 is 2.29 bits per heavy atom. The molecule has 0 saturated heterocycles. The molecular weight excluding hydrogens is 461 g/mol. The molecular formula is C27H28FN5OS. The summed E-state index contributed by atoms with van der Waals surface area (Å²) in [5.41, 5.74) is 3.47. The van der Waals surface area contributed by atoms with Crippen molar-refractivity contribution in [1.82, 2.24) is 19.7 Å². The number of rotatable bonds is 8. The van der Waals surface area contributed by atoms with Gasteiger partial charge in [-0.15, -0.1) is 10.2 Å². The second kappa shape index (κ2) is 10.8. The Labute approximate surface area is 209 Å². The molecule has 180 valence electrons. The van der Waals surface area contributed by atoms with Crippen LogP contribution in [-0.2, 0) is 4.79 Å². The molecule has 0 aliphatic carbocycles. The van der Waals surface area contributed by atoms with Crippen molar-refractivity contribution in [2.24, 2.45) is 0 Å². The second-order valence-electron chi connectivity index (χ2n) is 8.45. The number of aromatic nitrogens is 3. The zero-order chi connectivity index (χ0) is 24.9. The minimum Gasteiger partial charge on any atom is -0.325 e. The zero-order valence-corrected chi connectivity index (χ0v) is 21.0. The van der Waals surface area contributed by atoms with Crippen molar-refractivity contribution < 1.29 is 9.18 Å². The Kier molecular flexibility index (Phi) is 7.63. The number of para-hydroxylation sites is 1. The summed E-state index contributed by atoms with van der Waals surface area (Å²) in [7, 11) is 3.92. The lowest BCUT2D eigenvalue weighted by atomic mass is 10.0. The Bertz CT molecular complexity index is 1290. The van der Waals surface area contributed by atoms with Crippen LogP contribution in [0.1, 0.15) is 25.7 Å². The minimum atomic E-state index is -0.454. The molecule has 0 aliphatic heterocycles. The molecule has 1 amide bonds. The Morgan fingerprint density at radius 1 is 0.943 bits per heavy atom. The molecule has 2 unspecified atom stereocenters. The van der Waals surface area contributed by atoms with Gasteiger partial charge >= 0.3 is 0 Å². The third-order valence-electron chi connectivity index (χ3n) is 5.81. The van der Waals surface area contributed by atoms with Crippen molar-refractivity contribution in [1.29, 1.82) is 0 Å². The molecule has 8 heteroatoms. The van der Waals surface area contributed by atoms with Crippen molar-refractivity contribution in [2.75, 3.05) is 19.4 Å². The van der Waals surface area contributed by atoms with Gasteiger partial charge in [-0.2, -0.15) is 0 Å². The molecule has 35 heavy (non-hydrogen) atoms. The van der Waals surface area contributed by atoms with Crippen LogP contribution in [0.2, 0.25) is 0 Å². The number of halogens is 1. The number of hydrogen-bond donors (Lipinski definition) is 1. The number of anilines is 1. The molecule has 4 aromatic rings. The molecule has 1 N–H and O–H groups in total. The summed E-state index contributed by atoms with van der Waals surface area (Å²) in [6, 6.07) is 23.8. The highest BCUT2D eigenvalue weighted by molar-refractivity contribution is 8.00. The maximum absolute atomic E-state index is 13.6. The number of thioether (sulfide) groups is 1. The molecule has 0 bridgehead atoms. The van der Waals surface area contributed by atoms with Crippen molar-refractivity contribution in [3.8, 4) is 16.8 Å². The van der Waals surface area contributed by atoms with E-state index >= 15 is 0 Å². The van der Waals surface area contributed by atoms with Crippen LogP contribution in [0.15, 0.2) is 84.0 Å². The zero-order valence-electron chi connectivity index (χ0n) is 20.1. The highest BCUT2D eigenvalue weighted by Crippen LogP contribution is 2.31. The van der Waals surface area contributed by atoms with E-state index in [0.29, 0.717) is 11.0 Å². The minimum absolute atomic E-state index is 0.0382. The third-order valence-corrected chi connectivity index (χ3v) is 6.86. The van der Waals surface area contributed by atoms with Gasteiger partial charge in [-0.1, -0.05) is 60.3 Å². The Morgan fingerprint density at radius 2 is 1.60 bits per heavy atom. The topological polar surface area (TPSA) is 63.1 Å². The van der Waals surface area contributed by atoms with E-state index < -0.39 is 5.25 Å². The van der Waals surface area contributed by atoms with Crippen LogP contribution in [0.25, 0.3) is 16.8 Å². The summed E-state index contributed by atoms with van der Waals surface area (Å²) in [6.07, 6.45) is 0. The van der Waals surface area contributed by atoms with Crippen LogP contribution >= 0.6 is 11.8 Å². The van der Waals surface area contributed by atoms with E-state index in [1.807, 2.05) is 92.0 Å². The van der Waals surface area contributed by atoms with Crippen molar-refractivity contribution in [3.63, 3.8) is 0 Å². The molecule has 6 nitrogen and oxygen atoms in total. The second-order valence-corrected chi connectivity index (χ2v) is 9.76. The van der Waals surface area contributed by atoms with Crippen LogP contribution in [0, 0.1) is 5.82 Å². The van der Waals surface area contributed by atoms with Gasteiger partial charge in [0.05, 0.1) is 11.3 Å². The number of amides is 1. The van der Waals surface area contributed by atoms with Gasteiger partial charge in [0, 0.05) is 16.9 Å². The van der Waals surface area contributed by atoms with E-state index in [4.69, 9.17) is 0 Å². The number of carbonyl (C=O) groups is 1. The predicted octanol–water partition coefficient (Wildman–Crippen LogP) is 5.82. The van der Waals surface area contributed by atoms with Gasteiger partial charge in [-0.3, -0.25) is 14.3 Å². The third kappa shape index (κ3) is 5.61. The van der Waals surface area contributed by atoms with Gasteiger partial charge in [-0.25, -0.2) is 4.39 Å². The van der Waals surface area contributed by atoms with Crippen molar-refractivity contribution >= 4 is 23.4 Å². The highest BCUT2D eigenvalue weighted by atomic mass is 32.2. The maximum Gasteiger partial charge on any atom is 0.237 e. The SMILES string of the molecule is CC(Sc1nnc(C(C)N(C)C)n1-c1ccc(F)cc1)C(=O)Nc1ccccc1-c1ccccc1. The van der Waals surface area contributed by atoms with Crippen LogP contribution in [0.3, 0.4) is 0 Å². The van der Waals surface area contributed by atoms with E-state index in [9.17, 15) is 9.18 Å². The van der Waals surface area contributed by atoms with E-state index in [1.165, 1.54) is 23.9 Å². The molecule has 1 heterocycles. The highest BCUT2D eigenvalue weighted by Gasteiger charge is 2.25. The largest absolute Gasteiger partial charge is 0.325 e. The molecule has 4 rings (SSSR count). The van der Waals surface area contributed by atoms with E-state index in [-0.39, 0.29) is 17.8 Å². The summed E-state index contributed by atoms with van der Waals surface area (Å²) in [6.45, 7) is 3.86. The normalized spacial score (nSPS) is 13.0. The smallest absolute Gasteiger partial charge is 0.237 e. The number of carbonyl (C=O) groups excluding carboxylic acids is 1. The maximum atomic E-state index is 13.6. The standard InChI is InChI=1S/C27H28FN5OS/c1-18(32(3)4)25-30-31-27(33(25)22-16-14-21(28)15-17-22)35-19(2)26(34)29-24-13-9-8-12-23(24)20-10-6-5-7-11-20/h5-19H,1-4H3,(H,29,34). The fraction of sp³-hybridized carbons (Fsp3) is 0.222. The van der Waals surface area contributed by atoms with Gasteiger partial charge in [-0.05, 0) is 63.8 Å². The molecule has 0 saturated carbocycles. The van der Waals surface area contributed by atoms with Crippen molar-refractivity contribution in [3.05, 3.63) is 90.5 Å². The summed E-state index contributed by atoms with van der Waals surface area (Å²) < 4.78 is 15.5. The first-order chi connectivity index (χ1) is 16.8. The Hall–Kier alpha value is -3.49. The van der Waals surface area contributed by atoms with E-state index in [2.05, 4.69) is 15.5 Å². The molecule has 1 aromatic heterocycles. The summed E-state index contributed by atoms with van der Waals surface area (Å²) in [5, 5.41) is 12.0. The lowest BCUT2D eigenvalue weighted by Gasteiger charge is -2.21. The molecule has 3 aromatic carbocycles. The summed E-state index contributed by atoms with van der Waals surface area (Å²) in [4.78, 5) is 15.2. The number of hydrogen-bond acceptors (Lipinski definition) is 5. The lowest BCUT2D eigenvalue weighted by Crippen LogP contribution is -2.24. The summed E-state index contributed by atoms with van der Waals surface area (Å²) >= 11 is 1.31. The first-order valence-electron chi connectivity index (χ1n) is 11.3. The number of nitrogens with one attached hydrogen (secondary N) is 1. The fourth-order valence-corrected chi connectivity index (χ4v) is 4.47. The van der Waals surface area contributed by atoms with Gasteiger partial charge in [0.25, 0.3) is 0 Å². The van der Waals surface area contributed by atoms with Gasteiger partial charge < -0.3 is 5.32 Å². The average Bonchev–Trinajstić information content (AvgIpc) is 3.28. The number of benzene rings is 3. The summed E-state index contributed by atoms with van der Waals surface area (Å²) in [5.74, 6) is 0.253. The Balaban J connectivity index is 1.59. The number of nitrogens with zero attached hydrogens (tertiary/aromatic N) is 4. The van der Waals surface area contributed by atoms with Gasteiger partial charge in [0.15, 0.2) is 11.0 Å². The van der Waals surface area contributed by atoms with Crippen molar-refractivity contribution in [2.45, 2.75) is 30.3 Å². The monoisotopic (exact) mass is 489 g/mol. The molecule has 0 aliphatic rings. The van der Waals surface area contributed by atoms with Gasteiger partial charge in [0.2, 0.25) is 5.91 Å². The quantitative estimate of drug-likeness (QED) is 0.316.